The number of ether oxygens (including phenoxy) is 2. The number of benzene rings is 1. The highest BCUT2D eigenvalue weighted by atomic mass is 16.5. The molecule has 4 aromatic rings. The fourth-order valence-corrected chi connectivity index (χ4v) is 4.77. The zero-order chi connectivity index (χ0) is 23.1. The predicted molar refractivity (Wildman–Crippen MR) is 125 cm³/mol. The average molecular weight is 449 g/mol. The number of morpholine rings is 1. The summed E-state index contributed by atoms with van der Waals surface area (Å²) in [5, 5.41) is 4.99. The molecule has 0 unspecified atom stereocenters. The second kappa shape index (κ2) is 8.57. The summed E-state index contributed by atoms with van der Waals surface area (Å²) in [6.45, 7) is 9.07. The Hall–Kier alpha value is -3.30. The first-order valence-electron chi connectivity index (χ1n) is 11.2. The van der Waals surface area contributed by atoms with Crippen LogP contribution in [0, 0.1) is 6.92 Å². The summed E-state index contributed by atoms with van der Waals surface area (Å²) in [6.07, 6.45) is 3.66. The molecular formula is C24H28N6O3. The van der Waals surface area contributed by atoms with Crippen molar-refractivity contribution >= 4 is 16.7 Å². The zero-order valence-electron chi connectivity index (χ0n) is 19.4. The molecule has 3 aromatic heterocycles. The summed E-state index contributed by atoms with van der Waals surface area (Å²) >= 11 is 0. The van der Waals surface area contributed by atoms with Crippen molar-refractivity contribution in [2.45, 2.75) is 46.1 Å². The maximum atomic E-state index is 13.2. The number of aryl methyl sites for hydroxylation is 1. The quantitative estimate of drug-likeness (QED) is 0.463. The highest BCUT2D eigenvalue weighted by molar-refractivity contribution is 5.89. The standard InChI is InChI=1S/C24H28N6O3/c1-15-7-18(5-6-21(15)32-4)13-29-22-20(23-26-14-27-30(23)24(29)31)8-19(9-25-22)12-28-10-16(2)33-17(3)11-28/h5-9,14,16-17H,10-13H2,1-4H3/t16-,17+. The number of hydrogen-bond acceptors (Lipinski definition) is 7. The molecule has 4 heterocycles. The molecule has 0 amide bonds. The van der Waals surface area contributed by atoms with E-state index < -0.39 is 0 Å². The third-order valence-electron chi connectivity index (χ3n) is 6.08. The topological polar surface area (TPSA) is 86.8 Å². The molecule has 5 rings (SSSR count). The van der Waals surface area contributed by atoms with Gasteiger partial charge in [0.15, 0.2) is 5.65 Å². The molecule has 0 radical (unpaired) electrons. The number of pyridine rings is 1. The first-order valence-corrected chi connectivity index (χ1v) is 11.2. The Morgan fingerprint density at radius 2 is 1.85 bits per heavy atom. The summed E-state index contributed by atoms with van der Waals surface area (Å²) in [6, 6.07) is 7.98. The second-order valence-corrected chi connectivity index (χ2v) is 8.83. The fourth-order valence-electron chi connectivity index (χ4n) is 4.77. The van der Waals surface area contributed by atoms with Crippen LogP contribution in [0.4, 0.5) is 0 Å². The molecule has 9 nitrogen and oxygen atoms in total. The Bertz CT molecular complexity index is 1370. The lowest BCUT2D eigenvalue weighted by Crippen LogP contribution is -2.44. The summed E-state index contributed by atoms with van der Waals surface area (Å²) < 4.78 is 14.2. The normalized spacial score (nSPS) is 19.4. The fraction of sp³-hybridized carbons (Fsp3) is 0.417. The average Bonchev–Trinajstić information content (AvgIpc) is 3.27. The zero-order valence-corrected chi connectivity index (χ0v) is 19.4. The lowest BCUT2D eigenvalue weighted by molar-refractivity contribution is -0.0705. The summed E-state index contributed by atoms with van der Waals surface area (Å²) in [5.74, 6) is 0.817. The molecular weight excluding hydrogens is 420 g/mol. The van der Waals surface area contributed by atoms with Gasteiger partial charge in [-0.2, -0.15) is 9.61 Å². The number of nitrogens with zero attached hydrogens (tertiary/aromatic N) is 6. The van der Waals surface area contributed by atoms with E-state index >= 15 is 0 Å². The van der Waals surface area contributed by atoms with Gasteiger partial charge in [-0.3, -0.25) is 9.47 Å². The van der Waals surface area contributed by atoms with E-state index in [4.69, 9.17) is 14.5 Å². The lowest BCUT2D eigenvalue weighted by Gasteiger charge is -2.35. The molecule has 172 valence electrons. The second-order valence-electron chi connectivity index (χ2n) is 8.83. The van der Waals surface area contributed by atoms with Crippen molar-refractivity contribution in [2.75, 3.05) is 20.2 Å². The van der Waals surface area contributed by atoms with Gasteiger partial charge in [-0.15, -0.1) is 0 Å². The molecule has 0 N–H and O–H groups in total. The minimum absolute atomic E-state index is 0.198. The van der Waals surface area contributed by atoms with Crippen LogP contribution >= 0.6 is 0 Å². The van der Waals surface area contributed by atoms with Crippen molar-refractivity contribution in [1.82, 2.24) is 29.0 Å². The number of fused-ring (bicyclic) bond motifs is 3. The largest absolute Gasteiger partial charge is 0.496 e. The highest BCUT2D eigenvalue weighted by Gasteiger charge is 2.23. The molecule has 33 heavy (non-hydrogen) atoms. The SMILES string of the molecule is COc1ccc(Cn2c(=O)n3ncnc3c3cc(CN4C[C@@H](C)O[C@@H](C)C4)cnc32)cc1C. The van der Waals surface area contributed by atoms with Crippen molar-refractivity contribution < 1.29 is 9.47 Å². The van der Waals surface area contributed by atoms with Gasteiger partial charge >= 0.3 is 5.69 Å². The van der Waals surface area contributed by atoms with Crippen LogP contribution in [0.1, 0.15) is 30.5 Å². The van der Waals surface area contributed by atoms with E-state index in [2.05, 4.69) is 34.9 Å². The van der Waals surface area contributed by atoms with Crippen LogP contribution < -0.4 is 10.4 Å². The van der Waals surface area contributed by atoms with Crippen LogP contribution in [0.2, 0.25) is 0 Å². The van der Waals surface area contributed by atoms with Gasteiger partial charge in [-0.25, -0.2) is 14.8 Å². The molecule has 9 heteroatoms. The summed E-state index contributed by atoms with van der Waals surface area (Å²) in [4.78, 5) is 24.7. The van der Waals surface area contributed by atoms with Crippen LogP contribution in [0.15, 0.2) is 41.6 Å². The van der Waals surface area contributed by atoms with Crippen molar-refractivity contribution in [1.29, 1.82) is 0 Å². The molecule has 1 aliphatic heterocycles. The molecule has 0 saturated carbocycles. The first-order chi connectivity index (χ1) is 15.9. The Labute approximate surface area is 191 Å². The van der Waals surface area contributed by atoms with E-state index in [0.29, 0.717) is 17.8 Å². The van der Waals surface area contributed by atoms with Crippen molar-refractivity contribution in [3.63, 3.8) is 0 Å². The molecule has 1 fully saturated rings. The van der Waals surface area contributed by atoms with E-state index in [-0.39, 0.29) is 17.9 Å². The summed E-state index contributed by atoms with van der Waals surface area (Å²) in [5.41, 5.74) is 3.92. The van der Waals surface area contributed by atoms with Crippen LogP contribution in [-0.2, 0) is 17.8 Å². The van der Waals surface area contributed by atoms with Gasteiger partial charge in [0, 0.05) is 25.8 Å². The number of rotatable bonds is 5. The van der Waals surface area contributed by atoms with Gasteiger partial charge in [0.1, 0.15) is 17.7 Å². The Morgan fingerprint density at radius 1 is 1.06 bits per heavy atom. The molecule has 2 atom stereocenters. The van der Waals surface area contributed by atoms with Gasteiger partial charge in [0.2, 0.25) is 0 Å². The van der Waals surface area contributed by atoms with Crippen LogP contribution in [0.5, 0.6) is 5.75 Å². The van der Waals surface area contributed by atoms with Crippen LogP contribution in [0.25, 0.3) is 16.7 Å². The van der Waals surface area contributed by atoms with E-state index in [0.717, 1.165) is 47.5 Å². The van der Waals surface area contributed by atoms with Crippen LogP contribution in [-0.4, -0.2) is 61.5 Å². The third kappa shape index (κ3) is 4.09. The molecule has 0 bridgehead atoms. The monoisotopic (exact) mass is 448 g/mol. The Kier molecular flexibility index (Phi) is 5.59. The van der Waals surface area contributed by atoms with Gasteiger partial charge < -0.3 is 9.47 Å². The van der Waals surface area contributed by atoms with Crippen LogP contribution in [0.3, 0.4) is 0 Å². The Balaban J connectivity index is 1.56. The highest BCUT2D eigenvalue weighted by Crippen LogP contribution is 2.22. The number of aromatic nitrogens is 5. The molecule has 0 spiro atoms. The number of methoxy groups -OCH3 is 1. The smallest absolute Gasteiger partial charge is 0.352 e. The van der Waals surface area contributed by atoms with Gasteiger partial charge in [0.05, 0.1) is 31.2 Å². The van der Waals surface area contributed by atoms with Gasteiger partial charge in [0.25, 0.3) is 0 Å². The maximum absolute atomic E-state index is 13.2. The van der Waals surface area contributed by atoms with Gasteiger partial charge in [-0.1, -0.05) is 12.1 Å². The first kappa shape index (κ1) is 21.5. The van der Waals surface area contributed by atoms with E-state index in [1.807, 2.05) is 31.3 Å². The maximum Gasteiger partial charge on any atom is 0.352 e. The molecule has 0 aliphatic carbocycles. The van der Waals surface area contributed by atoms with Crippen molar-refractivity contribution in [2.24, 2.45) is 0 Å². The van der Waals surface area contributed by atoms with E-state index in [9.17, 15) is 4.79 Å². The molecule has 1 aromatic carbocycles. The van der Waals surface area contributed by atoms with Gasteiger partial charge in [-0.05, 0) is 49.6 Å². The predicted octanol–water partition coefficient (Wildman–Crippen LogP) is 2.41. The van der Waals surface area contributed by atoms with E-state index in [1.165, 1.54) is 10.8 Å². The summed E-state index contributed by atoms with van der Waals surface area (Å²) in [7, 11) is 1.65. The lowest BCUT2D eigenvalue weighted by atomic mass is 10.1. The number of hydrogen-bond donors (Lipinski definition) is 0. The minimum Gasteiger partial charge on any atom is -0.496 e. The Morgan fingerprint density at radius 3 is 2.58 bits per heavy atom. The van der Waals surface area contributed by atoms with Crippen molar-refractivity contribution in [3.05, 3.63) is 64.0 Å². The molecule has 1 aliphatic rings. The van der Waals surface area contributed by atoms with E-state index in [1.54, 1.807) is 11.7 Å². The van der Waals surface area contributed by atoms with Crippen molar-refractivity contribution in [3.8, 4) is 5.75 Å². The minimum atomic E-state index is -0.264. The molecule has 1 saturated heterocycles. The third-order valence-corrected chi connectivity index (χ3v) is 6.08.